The summed E-state index contributed by atoms with van der Waals surface area (Å²) in [6, 6.07) is 14.6. The lowest BCUT2D eigenvalue weighted by Crippen LogP contribution is -2.23. The molecule has 0 atom stereocenters. The third-order valence-corrected chi connectivity index (χ3v) is 6.75. The van der Waals surface area contributed by atoms with Crippen molar-refractivity contribution in [2.75, 3.05) is 18.6 Å². The molecule has 0 fully saturated rings. The minimum atomic E-state index is -3.13. The molecule has 9 heteroatoms. The van der Waals surface area contributed by atoms with Crippen molar-refractivity contribution in [2.45, 2.75) is 31.0 Å². The Morgan fingerprint density at radius 3 is 2.68 bits per heavy atom. The Bertz CT molecular complexity index is 954. The first-order chi connectivity index (χ1) is 13.5. The molecule has 0 unspecified atom stereocenters. The van der Waals surface area contributed by atoms with Crippen LogP contribution < -0.4 is 4.72 Å². The number of hydrogen-bond acceptors (Lipinski definition) is 6. The third-order valence-electron chi connectivity index (χ3n) is 4.09. The van der Waals surface area contributed by atoms with Crippen LogP contribution in [0.3, 0.4) is 0 Å². The van der Waals surface area contributed by atoms with Crippen molar-refractivity contribution in [2.24, 2.45) is 0 Å². The van der Waals surface area contributed by atoms with Gasteiger partial charge in [0.2, 0.25) is 10.0 Å². The number of nitrogens with zero attached hydrogens (tertiary/aromatic N) is 3. The van der Waals surface area contributed by atoms with Crippen molar-refractivity contribution in [1.29, 1.82) is 0 Å². The Morgan fingerprint density at radius 1 is 1.14 bits per heavy atom. The Kier molecular flexibility index (Phi) is 7.66. The van der Waals surface area contributed by atoms with Crippen LogP contribution in [0.2, 0.25) is 0 Å². The van der Waals surface area contributed by atoms with Gasteiger partial charge in [-0.15, -0.1) is 21.5 Å². The van der Waals surface area contributed by atoms with Gasteiger partial charge in [0.1, 0.15) is 5.82 Å². The number of benzene rings is 1. The second kappa shape index (κ2) is 10.2. The molecule has 28 heavy (non-hydrogen) atoms. The van der Waals surface area contributed by atoms with E-state index in [1.54, 1.807) is 23.1 Å². The van der Waals surface area contributed by atoms with E-state index in [0.717, 1.165) is 42.5 Å². The summed E-state index contributed by atoms with van der Waals surface area (Å²) in [5.41, 5.74) is 1.28. The van der Waals surface area contributed by atoms with E-state index < -0.39 is 10.0 Å². The van der Waals surface area contributed by atoms with E-state index in [1.165, 1.54) is 16.7 Å². The molecule has 0 aliphatic heterocycles. The summed E-state index contributed by atoms with van der Waals surface area (Å²) >= 11 is 3.35. The standard InChI is InChI=1S/C19H24N4O2S3/c1-28(24,25)20-11-6-14-27-19-22-21-18(15-17-9-5-13-26-17)23(19)12-10-16-7-3-2-4-8-16/h2-5,7-9,13,20H,6,10-12,14-15H2,1H3. The van der Waals surface area contributed by atoms with Gasteiger partial charge < -0.3 is 4.57 Å². The maximum absolute atomic E-state index is 11.1. The minimum absolute atomic E-state index is 0.437. The van der Waals surface area contributed by atoms with Crippen LogP contribution in [0.4, 0.5) is 0 Å². The van der Waals surface area contributed by atoms with Gasteiger partial charge in [0.05, 0.1) is 6.26 Å². The Labute approximate surface area is 174 Å². The average molecular weight is 437 g/mol. The fourth-order valence-electron chi connectivity index (χ4n) is 2.73. The van der Waals surface area contributed by atoms with Gasteiger partial charge >= 0.3 is 0 Å². The monoisotopic (exact) mass is 436 g/mol. The third kappa shape index (κ3) is 6.73. The summed E-state index contributed by atoms with van der Waals surface area (Å²) in [5, 5.41) is 11.8. The molecule has 3 aromatic rings. The highest BCUT2D eigenvalue weighted by molar-refractivity contribution is 7.99. The highest BCUT2D eigenvalue weighted by Gasteiger charge is 2.14. The van der Waals surface area contributed by atoms with Crippen LogP contribution in [0, 0.1) is 0 Å². The van der Waals surface area contributed by atoms with Crippen LogP contribution in [0.15, 0.2) is 53.0 Å². The maximum Gasteiger partial charge on any atom is 0.208 e. The van der Waals surface area contributed by atoms with E-state index in [0.29, 0.717) is 6.54 Å². The highest BCUT2D eigenvalue weighted by Crippen LogP contribution is 2.21. The van der Waals surface area contributed by atoms with Crippen molar-refractivity contribution in [3.63, 3.8) is 0 Å². The predicted molar refractivity (Wildman–Crippen MR) is 115 cm³/mol. The van der Waals surface area contributed by atoms with Crippen LogP contribution in [0.1, 0.15) is 22.7 Å². The number of rotatable bonds is 11. The fraction of sp³-hybridized carbons (Fsp3) is 0.368. The summed E-state index contributed by atoms with van der Waals surface area (Å²) in [6.07, 6.45) is 3.61. The zero-order valence-electron chi connectivity index (χ0n) is 15.7. The topological polar surface area (TPSA) is 76.9 Å². The largest absolute Gasteiger partial charge is 0.305 e. The summed E-state index contributed by atoms with van der Waals surface area (Å²) in [7, 11) is -3.13. The van der Waals surface area contributed by atoms with Gasteiger partial charge in [0.25, 0.3) is 0 Å². The van der Waals surface area contributed by atoms with Crippen LogP contribution in [0.5, 0.6) is 0 Å². The molecule has 150 valence electrons. The quantitative estimate of drug-likeness (QED) is 0.369. The van der Waals surface area contributed by atoms with Crippen molar-refractivity contribution in [3.05, 3.63) is 64.1 Å². The molecule has 2 aromatic heterocycles. The van der Waals surface area contributed by atoms with Gasteiger partial charge in [-0.05, 0) is 29.9 Å². The van der Waals surface area contributed by atoms with E-state index in [9.17, 15) is 8.42 Å². The number of aromatic nitrogens is 3. The molecule has 0 amide bonds. The molecule has 1 N–H and O–H groups in total. The van der Waals surface area contributed by atoms with Gasteiger partial charge in [-0.25, -0.2) is 13.1 Å². The molecule has 0 radical (unpaired) electrons. The van der Waals surface area contributed by atoms with Crippen molar-refractivity contribution < 1.29 is 8.42 Å². The van der Waals surface area contributed by atoms with E-state index in [4.69, 9.17) is 0 Å². The zero-order valence-corrected chi connectivity index (χ0v) is 18.2. The van der Waals surface area contributed by atoms with Crippen LogP contribution in [0.25, 0.3) is 0 Å². The maximum atomic E-state index is 11.1. The van der Waals surface area contributed by atoms with E-state index in [-0.39, 0.29) is 0 Å². The number of thiophene rings is 1. The second-order valence-electron chi connectivity index (χ2n) is 6.41. The minimum Gasteiger partial charge on any atom is -0.305 e. The number of aryl methyl sites for hydroxylation is 1. The summed E-state index contributed by atoms with van der Waals surface area (Å²) < 4.78 is 27.0. The molecule has 0 aliphatic rings. The normalized spacial score (nSPS) is 11.8. The smallest absolute Gasteiger partial charge is 0.208 e. The van der Waals surface area contributed by atoms with Gasteiger partial charge in [-0.3, -0.25) is 0 Å². The summed E-state index contributed by atoms with van der Waals surface area (Å²) in [4.78, 5) is 1.27. The van der Waals surface area contributed by atoms with Crippen LogP contribution >= 0.6 is 23.1 Å². The molecule has 6 nitrogen and oxygen atoms in total. The van der Waals surface area contributed by atoms with E-state index >= 15 is 0 Å². The number of thioether (sulfide) groups is 1. The van der Waals surface area contributed by atoms with Crippen molar-refractivity contribution in [3.8, 4) is 0 Å². The number of sulfonamides is 1. The predicted octanol–water partition coefficient (Wildman–Crippen LogP) is 3.20. The van der Waals surface area contributed by atoms with Gasteiger partial charge in [-0.1, -0.05) is 48.2 Å². The van der Waals surface area contributed by atoms with Gasteiger partial charge in [0.15, 0.2) is 5.16 Å². The molecule has 0 bridgehead atoms. The summed E-state index contributed by atoms with van der Waals surface area (Å²) in [5.74, 6) is 1.75. The average Bonchev–Trinajstić information content (AvgIpc) is 3.30. The highest BCUT2D eigenvalue weighted by atomic mass is 32.2. The SMILES string of the molecule is CS(=O)(=O)NCCCSc1nnc(Cc2cccs2)n1CCc1ccccc1. The molecule has 0 saturated carbocycles. The summed E-state index contributed by atoms with van der Waals surface area (Å²) in [6.45, 7) is 1.26. The van der Waals surface area contributed by atoms with Crippen molar-refractivity contribution in [1.82, 2.24) is 19.5 Å². The lowest BCUT2D eigenvalue weighted by molar-refractivity contribution is 0.587. The van der Waals surface area contributed by atoms with E-state index in [1.807, 2.05) is 6.07 Å². The molecule has 3 rings (SSSR count). The fourth-order valence-corrected chi connectivity index (χ4v) is 4.87. The Hall–Kier alpha value is -1.68. The second-order valence-corrected chi connectivity index (χ2v) is 10.3. The Balaban J connectivity index is 1.65. The van der Waals surface area contributed by atoms with Crippen molar-refractivity contribution >= 4 is 33.1 Å². The molecule has 0 aliphatic carbocycles. The number of hydrogen-bond donors (Lipinski definition) is 1. The zero-order chi connectivity index (χ0) is 19.8. The molecule has 2 heterocycles. The first kappa shape index (κ1) is 21.0. The number of nitrogens with one attached hydrogen (secondary N) is 1. The first-order valence-electron chi connectivity index (χ1n) is 9.07. The Morgan fingerprint density at radius 2 is 1.96 bits per heavy atom. The molecular weight excluding hydrogens is 412 g/mol. The van der Waals surface area contributed by atoms with Crippen LogP contribution in [-0.4, -0.2) is 41.7 Å². The molecular formula is C19H24N4O2S3. The molecule has 1 aromatic carbocycles. The van der Waals surface area contributed by atoms with Gasteiger partial charge in [0, 0.05) is 30.1 Å². The van der Waals surface area contributed by atoms with Gasteiger partial charge in [-0.2, -0.15) is 0 Å². The van der Waals surface area contributed by atoms with E-state index in [2.05, 4.69) is 61.3 Å². The molecule has 0 saturated heterocycles. The van der Waals surface area contributed by atoms with Crippen LogP contribution in [-0.2, 0) is 29.4 Å². The first-order valence-corrected chi connectivity index (χ1v) is 12.8. The lowest BCUT2D eigenvalue weighted by atomic mass is 10.1. The lowest BCUT2D eigenvalue weighted by Gasteiger charge is -2.10. The molecule has 0 spiro atoms.